The summed E-state index contributed by atoms with van der Waals surface area (Å²) in [5, 5.41) is 1.80. The molecule has 1 fully saturated rings. The van der Waals surface area contributed by atoms with Crippen molar-refractivity contribution in [3.05, 3.63) is 57.8 Å². The Labute approximate surface area is 167 Å². The van der Waals surface area contributed by atoms with Crippen LogP contribution in [0.25, 0.3) is 21.7 Å². The van der Waals surface area contributed by atoms with E-state index in [1.165, 1.54) is 23.6 Å². The second-order valence-electron chi connectivity index (χ2n) is 6.69. The first kappa shape index (κ1) is 19.1. The monoisotopic (exact) mass is 419 g/mol. The van der Waals surface area contributed by atoms with Crippen LogP contribution in [0, 0.1) is 0 Å². The summed E-state index contributed by atoms with van der Waals surface area (Å²) >= 11 is 5.99. The number of halogens is 1. The lowest BCUT2D eigenvalue weighted by Gasteiger charge is -2.23. The molecule has 9 heteroatoms. The van der Waals surface area contributed by atoms with Gasteiger partial charge in [-0.1, -0.05) is 23.7 Å². The van der Waals surface area contributed by atoms with Crippen LogP contribution in [-0.2, 0) is 14.9 Å². The summed E-state index contributed by atoms with van der Waals surface area (Å²) in [5.74, 6) is 0. The molecular weight excluding hydrogens is 402 g/mol. The Morgan fingerprint density at radius 2 is 2.00 bits per heavy atom. The van der Waals surface area contributed by atoms with E-state index in [4.69, 9.17) is 16.3 Å². The lowest BCUT2D eigenvalue weighted by atomic mass is 10.1. The molecule has 0 saturated carbocycles. The fourth-order valence-corrected chi connectivity index (χ4v) is 4.55. The van der Waals surface area contributed by atoms with Crippen LogP contribution in [0.3, 0.4) is 0 Å². The van der Waals surface area contributed by atoms with E-state index in [-0.39, 0.29) is 11.5 Å². The van der Waals surface area contributed by atoms with Gasteiger partial charge in [0.05, 0.1) is 28.9 Å². The highest BCUT2D eigenvalue weighted by molar-refractivity contribution is 7.90. The number of pyridine rings is 1. The highest BCUT2D eigenvalue weighted by atomic mass is 35.5. The first-order valence-corrected chi connectivity index (χ1v) is 10.5. The van der Waals surface area contributed by atoms with Crippen molar-refractivity contribution in [3.8, 4) is 0 Å². The van der Waals surface area contributed by atoms with Gasteiger partial charge in [0, 0.05) is 30.6 Å². The maximum Gasteiger partial charge on any atom is 0.301 e. The summed E-state index contributed by atoms with van der Waals surface area (Å²) < 4.78 is 34.4. The molecule has 1 N–H and O–H groups in total. The highest BCUT2D eigenvalue weighted by Gasteiger charge is 2.29. The number of rotatable bonds is 4. The Bertz CT molecular complexity index is 1230. The predicted molar refractivity (Wildman–Crippen MR) is 110 cm³/mol. The first-order valence-electron chi connectivity index (χ1n) is 8.71. The van der Waals surface area contributed by atoms with Gasteiger partial charge in [0.2, 0.25) is 0 Å². The molecule has 3 aromatic rings. The third-order valence-corrected chi connectivity index (χ3v) is 6.65. The normalized spacial score (nSPS) is 17.5. The third-order valence-electron chi connectivity index (χ3n) is 4.89. The molecule has 0 amide bonds. The Balaban J connectivity index is 1.78. The van der Waals surface area contributed by atoms with Gasteiger partial charge in [0.25, 0.3) is 0 Å². The number of nitrogens with zero attached hydrogens (tertiary/aromatic N) is 2. The van der Waals surface area contributed by atoms with Gasteiger partial charge < -0.3 is 4.74 Å². The van der Waals surface area contributed by atoms with Crippen molar-refractivity contribution in [2.75, 3.05) is 25.0 Å². The molecule has 28 heavy (non-hydrogen) atoms. The molecule has 0 spiro atoms. The Morgan fingerprint density at radius 3 is 2.75 bits per heavy atom. The zero-order valence-corrected chi connectivity index (χ0v) is 16.6. The Hall–Kier alpha value is -2.26. The first-order chi connectivity index (χ1) is 13.3. The number of aromatic nitrogens is 1. The smallest absolute Gasteiger partial charge is 0.301 e. The summed E-state index contributed by atoms with van der Waals surface area (Å²) in [7, 11) is -2.26. The van der Waals surface area contributed by atoms with E-state index >= 15 is 0 Å². The molecule has 2 aromatic carbocycles. The Kier molecular flexibility index (Phi) is 4.96. The maximum atomic E-state index is 13.0. The van der Waals surface area contributed by atoms with Crippen LogP contribution in [0.2, 0.25) is 5.02 Å². The molecule has 1 aliphatic rings. The van der Waals surface area contributed by atoms with Gasteiger partial charge in [-0.05, 0) is 36.1 Å². The minimum atomic E-state index is -3.78. The second-order valence-corrected chi connectivity index (χ2v) is 8.86. The van der Waals surface area contributed by atoms with E-state index in [0.29, 0.717) is 52.0 Å². The SMILES string of the molecule is CN([C@H]1CCOC1)S(=O)(=O)Nc1ccc2ccc3ncc(Cl)cc3c(=O)c2c1. The fourth-order valence-electron chi connectivity index (χ4n) is 3.27. The average Bonchev–Trinajstić information content (AvgIpc) is 3.16. The molecule has 0 bridgehead atoms. The topological polar surface area (TPSA) is 88.6 Å². The lowest BCUT2D eigenvalue weighted by molar-refractivity contribution is 0.181. The van der Waals surface area contributed by atoms with Crippen molar-refractivity contribution >= 4 is 49.2 Å². The number of hydrogen-bond donors (Lipinski definition) is 1. The van der Waals surface area contributed by atoms with Crippen LogP contribution in [0.1, 0.15) is 6.42 Å². The molecule has 0 aliphatic carbocycles. The molecule has 1 aromatic heterocycles. The summed E-state index contributed by atoms with van der Waals surface area (Å²) in [6.45, 7) is 0.912. The molecule has 1 saturated heterocycles. The number of likely N-dealkylation sites (N-methyl/N-ethyl adjacent to an activating group) is 1. The quantitative estimate of drug-likeness (QED) is 0.702. The molecule has 1 atom stereocenters. The molecular formula is C19H18ClN3O4S. The number of nitrogens with one attached hydrogen (secondary N) is 1. The molecule has 0 unspecified atom stereocenters. The minimum Gasteiger partial charge on any atom is -0.380 e. The summed E-state index contributed by atoms with van der Waals surface area (Å²) in [4.78, 5) is 17.2. The van der Waals surface area contributed by atoms with Crippen LogP contribution in [0.15, 0.2) is 47.4 Å². The average molecular weight is 420 g/mol. The van der Waals surface area contributed by atoms with Crippen LogP contribution in [0.5, 0.6) is 0 Å². The number of ether oxygens (including phenoxy) is 1. The van der Waals surface area contributed by atoms with Crippen LogP contribution >= 0.6 is 11.6 Å². The van der Waals surface area contributed by atoms with E-state index in [1.807, 2.05) is 0 Å². The Morgan fingerprint density at radius 1 is 1.21 bits per heavy atom. The number of benzene rings is 1. The zero-order valence-electron chi connectivity index (χ0n) is 15.1. The third kappa shape index (κ3) is 3.56. The van der Waals surface area contributed by atoms with E-state index < -0.39 is 10.2 Å². The number of hydrogen-bond acceptors (Lipinski definition) is 5. The molecule has 146 valence electrons. The van der Waals surface area contributed by atoms with Gasteiger partial charge in [-0.2, -0.15) is 12.7 Å². The molecule has 7 nitrogen and oxygen atoms in total. The van der Waals surface area contributed by atoms with Crippen LogP contribution in [0.4, 0.5) is 5.69 Å². The van der Waals surface area contributed by atoms with Gasteiger partial charge in [-0.15, -0.1) is 0 Å². The minimum absolute atomic E-state index is 0.206. The molecule has 4 rings (SSSR count). The van der Waals surface area contributed by atoms with Crippen molar-refractivity contribution < 1.29 is 13.2 Å². The van der Waals surface area contributed by atoms with Gasteiger partial charge in [-0.3, -0.25) is 14.5 Å². The summed E-state index contributed by atoms with van der Waals surface area (Å²) in [6, 6.07) is 9.75. The molecule has 0 radical (unpaired) electrons. The van der Waals surface area contributed by atoms with Crippen LogP contribution < -0.4 is 10.2 Å². The summed E-state index contributed by atoms with van der Waals surface area (Å²) in [5.41, 5.74) is 0.571. The van der Waals surface area contributed by atoms with E-state index in [0.717, 1.165) is 0 Å². The second kappa shape index (κ2) is 7.29. The zero-order chi connectivity index (χ0) is 19.9. The largest absolute Gasteiger partial charge is 0.380 e. The van der Waals surface area contributed by atoms with Gasteiger partial charge >= 0.3 is 10.2 Å². The highest BCUT2D eigenvalue weighted by Crippen LogP contribution is 2.22. The predicted octanol–water partition coefficient (Wildman–Crippen LogP) is 2.78. The van der Waals surface area contributed by atoms with E-state index in [1.54, 1.807) is 30.3 Å². The van der Waals surface area contributed by atoms with Crippen molar-refractivity contribution in [3.63, 3.8) is 0 Å². The van der Waals surface area contributed by atoms with Crippen molar-refractivity contribution in [2.24, 2.45) is 0 Å². The van der Waals surface area contributed by atoms with E-state index in [9.17, 15) is 13.2 Å². The number of anilines is 1. The number of fused-ring (bicyclic) bond motifs is 2. The van der Waals surface area contributed by atoms with Crippen LogP contribution in [-0.4, -0.2) is 44.0 Å². The lowest BCUT2D eigenvalue weighted by Crippen LogP contribution is -2.40. The van der Waals surface area contributed by atoms with Crippen molar-refractivity contribution in [1.29, 1.82) is 0 Å². The standard InChI is InChI=1S/C19H18ClN3O4S/c1-23(15-6-7-27-11-15)28(25,26)22-14-4-2-12-3-5-18-17(8-13(20)10-21-18)19(24)16(12)9-14/h2-5,8-10,15,22H,6-7,11H2,1H3/t15-/m0/s1. The van der Waals surface area contributed by atoms with Gasteiger partial charge in [0.15, 0.2) is 5.43 Å². The van der Waals surface area contributed by atoms with Gasteiger partial charge in [0.1, 0.15) is 0 Å². The molecule has 1 aliphatic heterocycles. The van der Waals surface area contributed by atoms with Crippen molar-refractivity contribution in [2.45, 2.75) is 12.5 Å². The maximum absolute atomic E-state index is 13.0. The van der Waals surface area contributed by atoms with Gasteiger partial charge in [-0.25, -0.2) is 0 Å². The summed E-state index contributed by atoms with van der Waals surface area (Å²) in [6.07, 6.45) is 2.13. The van der Waals surface area contributed by atoms with Crippen molar-refractivity contribution in [1.82, 2.24) is 9.29 Å². The van der Waals surface area contributed by atoms with E-state index in [2.05, 4.69) is 9.71 Å². The molecule has 2 heterocycles. The fraction of sp³-hybridized carbons (Fsp3) is 0.263.